The summed E-state index contributed by atoms with van der Waals surface area (Å²) in [6, 6.07) is 6.50. The maximum absolute atomic E-state index is 13.0. The Bertz CT molecular complexity index is 766. The van der Waals surface area contributed by atoms with Crippen molar-refractivity contribution in [3.05, 3.63) is 29.8 Å². The number of hydrogen-bond acceptors (Lipinski definition) is 4. The number of carbonyl (C=O) groups excluding carboxylic acids is 1. The van der Waals surface area contributed by atoms with Crippen molar-refractivity contribution in [1.82, 2.24) is 9.62 Å². The molecule has 0 radical (unpaired) electrons. The number of rotatable bonds is 6. The van der Waals surface area contributed by atoms with E-state index in [0.29, 0.717) is 18.0 Å². The Morgan fingerprint density at radius 1 is 1.14 bits per heavy atom. The van der Waals surface area contributed by atoms with Gasteiger partial charge in [-0.05, 0) is 56.3 Å². The number of hydrogen-bond donors (Lipinski definition) is 2. The molecule has 2 unspecified atom stereocenters. The second-order valence-corrected chi connectivity index (χ2v) is 9.85. The first-order valence-electron chi connectivity index (χ1n) is 10.0. The topological polar surface area (TPSA) is 92.5 Å². The highest BCUT2D eigenvalue weighted by molar-refractivity contribution is 7.89. The fourth-order valence-electron chi connectivity index (χ4n) is 4.37. The lowest BCUT2D eigenvalue weighted by Crippen LogP contribution is -2.40. The summed E-state index contributed by atoms with van der Waals surface area (Å²) in [6.45, 7) is 0.561. The molecule has 2 aliphatic carbocycles. The Balaban J connectivity index is 0.00000280. The lowest BCUT2D eigenvalue weighted by molar-refractivity contribution is 0.0928. The number of benzene rings is 1. The number of nitrogens with two attached hydrogens (primary N) is 1. The second-order valence-electron chi connectivity index (χ2n) is 7.85. The van der Waals surface area contributed by atoms with Crippen LogP contribution in [0.25, 0.3) is 0 Å². The summed E-state index contributed by atoms with van der Waals surface area (Å²) < 4.78 is 27.5. The van der Waals surface area contributed by atoms with E-state index in [1.54, 1.807) is 25.2 Å². The van der Waals surface area contributed by atoms with Gasteiger partial charge in [0.05, 0.1) is 4.90 Å². The first kappa shape index (κ1) is 23.1. The molecular formula is C20H32ClN3O3S. The Hall–Kier alpha value is -1.15. The average molecular weight is 430 g/mol. The first-order chi connectivity index (χ1) is 12.9. The molecule has 3 rings (SSSR count). The van der Waals surface area contributed by atoms with E-state index in [1.807, 2.05) is 0 Å². The Morgan fingerprint density at radius 2 is 1.86 bits per heavy atom. The third-order valence-electron chi connectivity index (χ3n) is 6.14. The molecule has 1 aromatic rings. The molecule has 2 atom stereocenters. The zero-order valence-electron chi connectivity index (χ0n) is 16.5. The summed E-state index contributed by atoms with van der Waals surface area (Å²) in [4.78, 5) is 12.8. The van der Waals surface area contributed by atoms with Gasteiger partial charge in [-0.25, -0.2) is 8.42 Å². The lowest BCUT2D eigenvalue weighted by atomic mass is 9.96. The van der Waals surface area contributed by atoms with E-state index in [9.17, 15) is 13.2 Å². The van der Waals surface area contributed by atoms with Crippen LogP contribution in [0.5, 0.6) is 0 Å². The van der Waals surface area contributed by atoms with Gasteiger partial charge in [0.1, 0.15) is 0 Å². The summed E-state index contributed by atoms with van der Waals surface area (Å²) >= 11 is 0. The van der Waals surface area contributed by atoms with Crippen LogP contribution < -0.4 is 11.1 Å². The minimum atomic E-state index is -3.60. The summed E-state index contributed by atoms with van der Waals surface area (Å²) in [5.41, 5.74) is 6.17. The van der Waals surface area contributed by atoms with Crippen LogP contribution in [0, 0.1) is 5.92 Å². The van der Waals surface area contributed by atoms with E-state index < -0.39 is 10.0 Å². The highest BCUT2D eigenvalue weighted by atomic mass is 35.5. The van der Waals surface area contributed by atoms with Crippen LogP contribution in [0.4, 0.5) is 0 Å². The molecule has 0 heterocycles. The van der Waals surface area contributed by atoms with Crippen LogP contribution in [0.1, 0.15) is 61.7 Å². The number of halogens is 1. The van der Waals surface area contributed by atoms with Gasteiger partial charge < -0.3 is 11.1 Å². The number of carbonyl (C=O) groups is 1. The average Bonchev–Trinajstić information content (AvgIpc) is 3.15. The summed E-state index contributed by atoms with van der Waals surface area (Å²) in [5.74, 6) is 0.0796. The second kappa shape index (κ2) is 10.1. The molecule has 0 saturated heterocycles. The van der Waals surface area contributed by atoms with Gasteiger partial charge in [0.2, 0.25) is 10.0 Å². The van der Waals surface area contributed by atoms with Gasteiger partial charge in [-0.1, -0.05) is 31.7 Å². The molecule has 2 saturated carbocycles. The Labute approximate surface area is 174 Å². The van der Waals surface area contributed by atoms with Crippen LogP contribution in [0.15, 0.2) is 29.2 Å². The molecule has 1 aromatic carbocycles. The fourth-order valence-corrected chi connectivity index (χ4v) is 5.83. The molecule has 158 valence electrons. The lowest BCUT2D eigenvalue weighted by Gasteiger charge is -2.30. The van der Waals surface area contributed by atoms with Gasteiger partial charge in [0, 0.05) is 24.7 Å². The molecule has 8 heteroatoms. The molecule has 0 aromatic heterocycles. The maximum Gasteiger partial charge on any atom is 0.251 e. The zero-order valence-corrected chi connectivity index (χ0v) is 18.1. The van der Waals surface area contributed by atoms with Crippen molar-refractivity contribution in [3.63, 3.8) is 0 Å². The quantitative estimate of drug-likeness (QED) is 0.727. The van der Waals surface area contributed by atoms with Gasteiger partial charge in [0.25, 0.3) is 5.91 Å². The highest BCUT2D eigenvalue weighted by Gasteiger charge is 2.30. The van der Waals surface area contributed by atoms with Crippen LogP contribution in [-0.2, 0) is 10.0 Å². The van der Waals surface area contributed by atoms with Crippen LogP contribution in [-0.4, -0.2) is 44.3 Å². The molecule has 6 nitrogen and oxygen atoms in total. The molecular weight excluding hydrogens is 398 g/mol. The van der Waals surface area contributed by atoms with Gasteiger partial charge in [-0.2, -0.15) is 4.31 Å². The minimum Gasteiger partial charge on any atom is -0.349 e. The van der Waals surface area contributed by atoms with E-state index in [2.05, 4.69) is 5.32 Å². The van der Waals surface area contributed by atoms with Crippen molar-refractivity contribution in [2.45, 2.75) is 68.3 Å². The number of nitrogens with one attached hydrogen (secondary N) is 1. The van der Waals surface area contributed by atoms with Gasteiger partial charge >= 0.3 is 0 Å². The molecule has 28 heavy (non-hydrogen) atoms. The SMILES string of the molecule is CN(C1CCCCC1)S(=O)(=O)c1cccc(C(=O)NC2CCCC2CN)c1.Cl. The number of amides is 1. The summed E-state index contributed by atoms with van der Waals surface area (Å²) in [7, 11) is -1.95. The Morgan fingerprint density at radius 3 is 2.54 bits per heavy atom. The summed E-state index contributed by atoms with van der Waals surface area (Å²) in [5, 5.41) is 3.04. The molecule has 1 amide bonds. The maximum atomic E-state index is 13.0. The van der Waals surface area contributed by atoms with Gasteiger partial charge in [-0.3, -0.25) is 4.79 Å². The smallest absolute Gasteiger partial charge is 0.251 e. The van der Waals surface area contributed by atoms with E-state index in [-0.39, 0.29) is 35.3 Å². The predicted octanol–water partition coefficient (Wildman–Crippen LogP) is 2.92. The van der Waals surface area contributed by atoms with Crippen molar-refractivity contribution in [2.75, 3.05) is 13.6 Å². The molecule has 0 bridgehead atoms. The van der Waals surface area contributed by atoms with E-state index >= 15 is 0 Å². The molecule has 3 N–H and O–H groups in total. The van der Waals surface area contributed by atoms with E-state index in [4.69, 9.17) is 5.73 Å². The van der Waals surface area contributed by atoms with Crippen molar-refractivity contribution in [2.24, 2.45) is 11.7 Å². The molecule has 2 fully saturated rings. The zero-order chi connectivity index (χ0) is 19.4. The van der Waals surface area contributed by atoms with Crippen LogP contribution in [0.2, 0.25) is 0 Å². The first-order valence-corrected chi connectivity index (χ1v) is 11.5. The van der Waals surface area contributed by atoms with Crippen molar-refractivity contribution >= 4 is 28.3 Å². The highest BCUT2D eigenvalue weighted by Crippen LogP contribution is 2.27. The molecule has 2 aliphatic rings. The van der Waals surface area contributed by atoms with Crippen LogP contribution in [0.3, 0.4) is 0 Å². The molecule has 0 spiro atoms. The molecule has 0 aliphatic heterocycles. The normalized spacial score (nSPS) is 23.4. The van der Waals surface area contributed by atoms with E-state index in [0.717, 1.165) is 44.9 Å². The standard InChI is InChI=1S/C20H31N3O3S.ClH/c1-23(17-9-3-2-4-10-17)27(25,26)18-11-5-7-15(13-18)20(24)22-19-12-6-8-16(19)14-21;/h5,7,11,13,16-17,19H,2-4,6,8-10,12,14,21H2,1H3,(H,22,24);1H. The predicted molar refractivity (Wildman–Crippen MR) is 113 cm³/mol. The fraction of sp³-hybridized carbons (Fsp3) is 0.650. The van der Waals surface area contributed by atoms with Crippen LogP contribution >= 0.6 is 12.4 Å². The van der Waals surface area contributed by atoms with Crippen molar-refractivity contribution < 1.29 is 13.2 Å². The van der Waals surface area contributed by atoms with Gasteiger partial charge in [0.15, 0.2) is 0 Å². The van der Waals surface area contributed by atoms with Crippen molar-refractivity contribution in [3.8, 4) is 0 Å². The van der Waals surface area contributed by atoms with Gasteiger partial charge in [-0.15, -0.1) is 12.4 Å². The van der Waals surface area contributed by atoms with E-state index in [1.165, 1.54) is 16.8 Å². The number of sulfonamides is 1. The monoisotopic (exact) mass is 429 g/mol. The third-order valence-corrected chi connectivity index (χ3v) is 8.05. The van der Waals surface area contributed by atoms with Crippen molar-refractivity contribution in [1.29, 1.82) is 0 Å². The third kappa shape index (κ3) is 5.06. The number of nitrogens with zero attached hydrogens (tertiary/aromatic N) is 1. The largest absolute Gasteiger partial charge is 0.349 e. The Kier molecular flexibility index (Phi) is 8.30. The summed E-state index contributed by atoms with van der Waals surface area (Å²) in [6.07, 6.45) is 8.12. The minimum absolute atomic E-state index is 0.